The maximum atomic E-state index is 10.5. The fourth-order valence-electron chi connectivity index (χ4n) is 0.709. The molecule has 0 aliphatic heterocycles. The van der Waals surface area contributed by atoms with Crippen LogP contribution >= 0.6 is 0 Å². The molecule has 0 spiro atoms. The normalized spacial score (nSPS) is 11.0. The molecule has 0 saturated carbocycles. The van der Waals surface area contributed by atoms with Crippen LogP contribution in [0.1, 0.15) is 5.82 Å². The molecule has 0 bridgehead atoms. The molecule has 13 heavy (non-hydrogen) atoms. The lowest BCUT2D eigenvalue weighted by Crippen LogP contribution is -2.09. The van der Waals surface area contributed by atoms with E-state index in [1.165, 1.54) is 19.4 Å². The summed E-state index contributed by atoms with van der Waals surface area (Å²) >= 11 is 0. The van der Waals surface area contributed by atoms with E-state index in [-0.39, 0.29) is 17.4 Å². The van der Waals surface area contributed by atoms with Crippen LogP contribution in [0.25, 0.3) is 0 Å². The van der Waals surface area contributed by atoms with Gasteiger partial charge in [0, 0.05) is 6.20 Å². The third-order valence-electron chi connectivity index (χ3n) is 1.21. The van der Waals surface area contributed by atoms with E-state index in [0.29, 0.717) is 6.29 Å². The van der Waals surface area contributed by atoms with Crippen LogP contribution in [-0.4, -0.2) is 29.1 Å². The maximum Gasteiger partial charge on any atom is 0.187 e. The Balaban J connectivity index is 3.05. The monoisotopic (exact) mass is 180 g/mol. The number of rotatable bonds is 3. The Bertz CT molecular complexity index is 337. The van der Waals surface area contributed by atoms with Crippen LogP contribution in [0.3, 0.4) is 0 Å². The Hall–Kier alpha value is -1.98. The summed E-state index contributed by atoms with van der Waals surface area (Å²) in [5.41, 5.74) is 5.39. The van der Waals surface area contributed by atoms with Crippen molar-refractivity contribution in [3.63, 3.8) is 0 Å². The van der Waals surface area contributed by atoms with E-state index in [0.717, 1.165) is 0 Å². The molecule has 0 amide bonds. The van der Waals surface area contributed by atoms with Gasteiger partial charge in [-0.2, -0.15) is 0 Å². The summed E-state index contributed by atoms with van der Waals surface area (Å²) in [6.07, 6.45) is 1.94. The Morgan fingerprint density at radius 2 is 2.54 bits per heavy atom. The molecule has 1 aromatic rings. The number of hydrogen-bond acceptors (Lipinski definition) is 6. The van der Waals surface area contributed by atoms with Crippen LogP contribution in [0.2, 0.25) is 0 Å². The number of oxime groups is 1. The Labute approximate surface area is 74.4 Å². The molecule has 6 heteroatoms. The van der Waals surface area contributed by atoms with Crippen LogP contribution < -0.4 is 5.73 Å². The van der Waals surface area contributed by atoms with Crippen molar-refractivity contribution < 1.29 is 9.63 Å². The standard InChI is InChI=1S/C7H8N4O2/c1-13-11-5(4-12)7-9-3-2-6(8)10-7/h2-4H,1H3,(H2,8,9,10). The van der Waals surface area contributed by atoms with Crippen molar-refractivity contribution in [2.75, 3.05) is 12.8 Å². The Morgan fingerprint density at radius 1 is 1.77 bits per heavy atom. The van der Waals surface area contributed by atoms with Crippen molar-refractivity contribution in [1.82, 2.24) is 9.97 Å². The fraction of sp³-hybridized carbons (Fsp3) is 0.143. The van der Waals surface area contributed by atoms with Gasteiger partial charge in [0.2, 0.25) is 0 Å². The molecular weight excluding hydrogens is 172 g/mol. The highest BCUT2D eigenvalue weighted by atomic mass is 16.6. The topological polar surface area (TPSA) is 90.5 Å². The lowest BCUT2D eigenvalue weighted by Gasteiger charge is -1.96. The summed E-state index contributed by atoms with van der Waals surface area (Å²) < 4.78 is 0. The van der Waals surface area contributed by atoms with Gasteiger partial charge in [0.25, 0.3) is 0 Å². The highest BCUT2D eigenvalue weighted by molar-refractivity contribution is 6.34. The number of aldehydes is 1. The van der Waals surface area contributed by atoms with Gasteiger partial charge in [-0.1, -0.05) is 5.16 Å². The molecule has 1 aromatic heterocycles. The zero-order valence-corrected chi connectivity index (χ0v) is 6.97. The molecule has 1 rings (SSSR count). The summed E-state index contributed by atoms with van der Waals surface area (Å²) in [5, 5.41) is 3.42. The summed E-state index contributed by atoms with van der Waals surface area (Å²) in [4.78, 5) is 22.5. The minimum Gasteiger partial charge on any atom is -0.398 e. The largest absolute Gasteiger partial charge is 0.398 e. The fourth-order valence-corrected chi connectivity index (χ4v) is 0.709. The molecule has 68 valence electrons. The van der Waals surface area contributed by atoms with E-state index < -0.39 is 0 Å². The number of nitrogens with zero attached hydrogens (tertiary/aromatic N) is 3. The number of nitrogens with two attached hydrogens (primary N) is 1. The Kier molecular flexibility index (Phi) is 2.91. The molecule has 6 nitrogen and oxygen atoms in total. The summed E-state index contributed by atoms with van der Waals surface area (Å²) in [6.45, 7) is 0. The zero-order valence-electron chi connectivity index (χ0n) is 6.97. The second-order valence-corrected chi connectivity index (χ2v) is 2.08. The average Bonchev–Trinajstić information content (AvgIpc) is 2.14. The first-order valence-corrected chi connectivity index (χ1v) is 3.43. The molecule has 1 heterocycles. The van der Waals surface area contributed by atoms with E-state index in [1.807, 2.05) is 0 Å². The number of carbonyl (C=O) groups is 1. The minimum atomic E-state index is 0.00907. The van der Waals surface area contributed by atoms with Crippen LogP contribution in [0, 0.1) is 0 Å². The number of aromatic nitrogens is 2. The maximum absolute atomic E-state index is 10.5. The van der Waals surface area contributed by atoms with Crippen LogP contribution in [0.4, 0.5) is 5.82 Å². The molecule has 0 saturated heterocycles. The predicted octanol–water partition coefficient (Wildman–Crippen LogP) is -0.392. The lowest BCUT2D eigenvalue weighted by molar-refractivity contribution is -0.102. The first-order chi connectivity index (χ1) is 6.27. The number of nitrogen functional groups attached to an aromatic ring is 1. The van der Waals surface area contributed by atoms with Gasteiger partial charge in [-0.05, 0) is 6.07 Å². The van der Waals surface area contributed by atoms with Gasteiger partial charge in [-0.3, -0.25) is 4.79 Å². The van der Waals surface area contributed by atoms with Crippen LogP contribution in [0.5, 0.6) is 0 Å². The molecule has 0 aliphatic rings. The average molecular weight is 180 g/mol. The van der Waals surface area contributed by atoms with Crippen LogP contribution in [0.15, 0.2) is 17.4 Å². The quantitative estimate of drug-likeness (QED) is 0.388. The second-order valence-electron chi connectivity index (χ2n) is 2.08. The smallest absolute Gasteiger partial charge is 0.187 e. The zero-order chi connectivity index (χ0) is 9.68. The number of hydrogen-bond donors (Lipinski definition) is 1. The summed E-state index contributed by atoms with van der Waals surface area (Å²) in [7, 11) is 1.33. The van der Waals surface area contributed by atoms with Gasteiger partial charge in [0.05, 0.1) is 0 Å². The van der Waals surface area contributed by atoms with Gasteiger partial charge < -0.3 is 10.6 Å². The predicted molar refractivity (Wildman–Crippen MR) is 46.1 cm³/mol. The molecule has 0 aliphatic carbocycles. The number of anilines is 1. The van der Waals surface area contributed by atoms with Crippen molar-refractivity contribution in [3.8, 4) is 0 Å². The highest BCUT2D eigenvalue weighted by Gasteiger charge is 2.06. The van der Waals surface area contributed by atoms with E-state index in [1.54, 1.807) is 0 Å². The lowest BCUT2D eigenvalue weighted by atomic mass is 10.4. The van der Waals surface area contributed by atoms with Crippen LogP contribution in [-0.2, 0) is 9.63 Å². The van der Waals surface area contributed by atoms with E-state index in [9.17, 15) is 4.79 Å². The third kappa shape index (κ3) is 2.22. The second kappa shape index (κ2) is 4.15. The van der Waals surface area contributed by atoms with E-state index in [2.05, 4.69) is 20.0 Å². The van der Waals surface area contributed by atoms with Gasteiger partial charge in [0.1, 0.15) is 12.9 Å². The van der Waals surface area contributed by atoms with Gasteiger partial charge in [-0.25, -0.2) is 9.97 Å². The molecule has 0 fully saturated rings. The molecule has 0 atom stereocenters. The molecule has 0 aromatic carbocycles. The van der Waals surface area contributed by atoms with Crippen molar-refractivity contribution in [3.05, 3.63) is 18.1 Å². The first kappa shape index (κ1) is 9.11. The minimum absolute atomic E-state index is 0.00907. The summed E-state index contributed by atoms with van der Waals surface area (Å²) in [6, 6.07) is 1.51. The van der Waals surface area contributed by atoms with E-state index >= 15 is 0 Å². The van der Waals surface area contributed by atoms with Crippen molar-refractivity contribution >= 4 is 17.8 Å². The molecule has 0 unspecified atom stereocenters. The van der Waals surface area contributed by atoms with Crippen molar-refractivity contribution in [2.24, 2.45) is 5.16 Å². The third-order valence-corrected chi connectivity index (χ3v) is 1.21. The number of carbonyl (C=O) groups excluding carboxylic acids is 1. The molecule has 0 radical (unpaired) electrons. The SMILES string of the molecule is CON=C(C=O)c1nccc(N)n1. The van der Waals surface area contributed by atoms with Gasteiger partial charge in [-0.15, -0.1) is 0 Å². The van der Waals surface area contributed by atoms with Gasteiger partial charge in [0.15, 0.2) is 17.8 Å². The highest BCUT2D eigenvalue weighted by Crippen LogP contribution is 1.97. The van der Waals surface area contributed by atoms with Crippen molar-refractivity contribution in [2.45, 2.75) is 0 Å². The Morgan fingerprint density at radius 3 is 3.08 bits per heavy atom. The van der Waals surface area contributed by atoms with Crippen molar-refractivity contribution in [1.29, 1.82) is 0 Å². The molecule has 2 N–H and O–H groups in total. The van der Waals surface area contributed by atoms with Gasteiger partial charge >= 0.3 is 0 Å². The summed E-state index contributed by atoms with van der Waals surface area (Å²) in [5.74, 6) is 0.424. The first-order valence-electron chi connectivity index (χ1n) is 3.43. The molecular formula is C7H8N4O2. The van der Waals surface area contributed by atoms with E-state index in [4.69, 9.17) is 5.73 Å².